The largest absolute Gasteiger partial charge is 0.329 e. The van der Waals surface area contributed by atoms with E-state index >= 15 is 0 Å². The van der Waals surface area contributed by atoms with Crippen LogP contribution in [0.1, 0.15) is 18.4 Å². The molecule has 1 aliphatic rings. The van der Waals surface area contributed by atoms with Gasteiger partial charge in [-0.3, -0.25) is 4.79 Å². The van der Waals surface area contributed by atoms with Crippen LogP contribution in [0.2, 0.25) is 0 Å². The SMILES string of the molecule is N#Cc1ccc(NC(=O)C2(CN)CC2)c(F)c1. The molecule has 0 unspecified atom stereocenters. The molecule has 5 heteroatoms. The van der Waals surface area contributed by atoms with Crippen molar-refractivity contribution < 1.29 is 9.18 Å². The van der Waals surface area contributed by atoms with E-state index in [2.05, 4.69) is 5.32 Å². The number of hydrogen-bond acceptors (Lipinski definition) is 3. The van der Waals surface area contributed by atoms with E-state index in [-0.39, 0.29) is 23.7 Å². The summed E-state index contributed by atoms with van der Waals surface area (Å²) in [5.41, 5.74) is 5.31. The molecule has 1 amide bonds. The number of nitrogens with two attached hydrogens (primary N) is 1. The molecule has 0 heterocycles. The van der Waals surface area contributed by atoms with Gasteiger partial charge in [-0.1, -0.05) is 0 Å². The number of amides is 1. The van der Waals surface area contributed by atoms with Crippen LogP contribution in [-0.4, -0.2) is 12.5 Å². The highest BCUT2D eigenvalue weighted by Crippen LogP contribution is 2.45. The van der Waals surface area contributed by atoms with Crippen LogP contribution in [0.25, 0.3) is 0 Å². The minimum atomic E-state index is -0.606. The maximum atomic E-state index is 13.5. The zero-order valence-corrected chi connectivity index (χ0v) is 9.16. The van der Waals surface area contributed by atoms with Crippen molar-refractivity contribution in [2.24, 2.45) is 11.1 Å². The number of anilines is 1. The summed E-state index contributed by atoms with van der Waals surface area (Å²) in [5, 5.41) is 11.1. The van der Waals surface area contributed by atoms with Gasteiger partial charge in [0, 0.05) is 6.54 Å². The Morgan fingerprint density at radius 2 is 2.29 bits per heavy atom. The van der Waals surface area contributed by atoms with Crippen molar-refractivity contribution in [2.45, 2.75) is 12.8 Å². The Morgan fingerprint density at radius 1 is 1.59 bits per heavy atom. The second kappa shape index (κ2) is 4.15. The number of nitriles is 1. The summed E-state index contributed by atoms with van der Waals surface area (Å²) in [6.07, 6.45) is 1.49. The zero-order valence-electron chi connectivity index (χ0n) is 9.16. The number of carbonyl (C=O) groups is 1. The normalized spacial score (nSPS) is 16.1. The van der Waals surface area contributed by atoms with E-state index in [0.29, 0.717) is 0 Å². The molecule has 0 spiro atoms. The monoisotopic (exact) mass is 233 g/mol. The smallest absolute Gasteiger partial charge is 0.231 e. The van der Waals surface area contributed by atoms with Gasteiger partial charge in [0.25, 0.3) is 0 Å². The van der Waals surface area contributed by atoms with E-state index in [1.54, 1.807) is 0 Å². The van der Waals surface area contributed by atoms with Gasteiger partial charge >= 0.3 is 0 Å². The van der Waals surface area contributed by atoms with Crippen molar-refractivity contribution in [3.05, 3.63) is 29.6 Å². The molecule has 1 saturated carbocycles. The number of nitrogens with zero attached hydrogens (tertiary/aromatic N) is 1. The van der Waals surface area contributed by atoms with Crippen molar-refractivity contribution in [2.75, 3.05) is 11.9 Å². The van der Waals surface area contributed by atoms with Crippen molar-refractivity contribution in [1.29, 1.82) is 5.26 Å². The summed E-state index contributed by atoms with van der Waals surface area (Å²) in [6, 6.07) is 5.77. The van der Waals surface area contributed by atoms with E-state index in [1.807, 2.05) is 6.07 Å². The third-order valence-corrected chi connectivity index (χ3v) is 3.07. The second-order valence-corrected chi connectivity index (χ2v) is 4.25. The molecule has 1 aromatic carbocycles. The summed E-state index contributed by atoms with van der Waals surface area (Å²) in [4.78, 5) is 11.8. The summed E-state index contributed by atoms with van der Waals surface area (Å²) in [5.74, 6) is -0.853. The minimum absolute atomic E-state index is 0.0914. The number of carbonyl (C=O) groups excluding carboxylic acids is 1. The van der Waals surface area contributed by atoms with Crippen LogP contribution in [0, 0.1) is 22.6 Å². The van der Waals surface area contributed by atoms with Gasteiger partial charge < -0.3 is 11.1 Å². The Morgan fingerprint density at radius 3 is 2.76 bits per heavy atom. The van der Waals surface area contributed by atoms with Gasteiger partial charge in [-0.25, -0.2) is 4.39 Å². The average Bonchev–Trinajstić information content (AvgIpc) is 3.12. The van der Waals surface area contributed by atoms with Crippen molar-refractivity contribution in [1.82, 2.24) is 0 Å². The van der Waals surface area contributed by atoms with E-state index in [1.165, 1.54) is 12.1 Å². The molecule has 1 aromatic rings. The van der Waals surface area contributed by atoms with E-state index in [0.717, 1.165) is 18.9 Å². The molecule has 2 rings (SSSR count). The van der Waals surface area contributed by atoms with Gasteiger partial charge in [0.05, 0.1) is 22.7 Å². The number of nitrogens with one attached hydrogen (secondary N) is 1. The van der Waals surface area contributed by atoms with Crippen molar-refractivity contribution in [3.8, 4) is 6.07 Å². The fourth-order valence-corrected chi connectivity index (χ4v) is 1.62. The first kappa shape index (κ1) is 11.6. The highest BCUT2D eigenvalue weighted by Gasteiger charge is 2.48. The molecule has 0 atom stereocenters. The molecule has 17 heavy (non-hydrogen) atoms. The molecular weight excluding hydrogens is 221 g/mol. The van der Waals surface area contributed by atoms with Crippen LogP contribution in [-0.2, 0) is 4.79 Å². The van der Waals surface area contributed by atoms with Crippen LogP contribution >= 0.6 is 0 Å². The lowest BCUT2D eigenvalue weighted by atomic mass is 10.1. The summed E-state index contributed by atoms with van der Waals surface area (Å²) in [7, 11) is 0. The van der Waals surface area contributed by atoms with Gasteiger partial charge in [0.1, 0.15) is 5.82 Å². The minimum Gasteiger partial charge on any atom is -0.329 e. The van der Waals surface area contributed by atoms with Crippen LogP contribution in [0.15, 0.2) is 18.2 Å². The van der Waals surface area contributed by atoms with E-state index < -0.39 is 11.2 Å². The average molecular weight is 233 g/mol. The predicted octanol–water partition coefficient (Wildman–Crippen LogP) is 1.37. The molecule has 0 aromatic heterocycles. The Labute approximate surface area is 98.2 Å². The highest BCUT2D eigenvalue weighted by atomic mass is 19.1. The molecule has 1 fully saturated rings. The van der Waals surface area contributed by atoms with Crippen molar-refractivity contribution >= 4 is 11.6 Å². The topological polar surface area (TPSA) is 78.9 Å². The molecule has 0 saturated heterocycles. The lowest BCUT2D eigenvalue weighted by Crippen LogP contribution is -2.31. The summed E-state index contributed by atoms with van der Waals surface area (Å²) >= 11 is 0. The molecular formula is C12H12FN3O. The fourth-order valence-electron chi connectivity index (χ4n) is 1.62. The Kier molecular flexibility index (Phi) is 2.82. The standard InChI is InChI=1S/C12H12FN3O/c13-9-5-8(6-14)1-2-10(9)16-11(17)12(7-15)3-4-12/h1-2,5H,3-4,7,15H2,(H,16,17). The molecule has 0 radical (unpaired) electrons. The number of rotatable bonds is 3. The Bertz CT molecular complexity index is 503. The summed E-state index contributed by atoms with van der Waals surface area (Å²) < 4.78 is 13.5. The molecule has 1 aliphatic carbocycles. The summed E-state index contributed by atoms with van der Waals surface area (Å²) in [6.45, 7) is 0.275. The van der Waals surface area contributed by atoms with Crippen LogP contribution in [0.3, 0.4) is 0 Å². The number of hydrogen-bond donors (Lipinski definition) is 2. The van der Waals surface area contributed by atoms with Gasteiger partial charge in [0.2, 0.25) is 5.91 Å². The lowest BCUT2D eigenvalue weighted by Gasteiger charge is -2.13. The Hall–Kier alpha value is -1.93. The molecule has 3 N–H and O–H groups in total. The van der Waals surface area contributed by atoms with E-state index in [9.17, 15) is 9.18 Å². The zero-order chi connectivity index (χ0) is 12.5. The van der Waals surface area contributed by atoms with Gasteiger partial charge in [0.15, 0.2) is 0 Å². The van der Waals surface area contributed by atoms with Crippen LogP contribution in [0.5, 0.6) is 0 Å². The maximum Gasteiger partial charge on any atom is 0.231 e. The second-order valence-electron chi connectivity index (χ2n) is 4.25. The molecule has 0 aliphatic heterocycles. The molecule has 4 nitrogen and oxygen atoms in total. The fraction of sp³-hybridized carbons (Fsp3) is 0.333. The van der Waals surface area contributed by atoms with Crippen LogP contribution in [0.4, 0.5) is 10.1 Å². The number of halogens is 1. The predicted molar refractivity (Wildman–Crippen MR) is 60.5 cm³/mol. The third-order valence-electron chi connectivity index (χ3n) is 3.07. The first-order valence-electron chi connectivity index (χ1n) is 5.32. The first-order chi connectivity index (χ1) is 8.11. The van der Waals surface area contributed by atoms with Gasteiger partial charge in [-0.05, 0) is 31.0 Å². The Balaban J connectivity index is 2.15. The quantitative estimate of drug-likeness (QED) is 0.827. The molecule has 88 valence electrons. The highest BCUT2D eigenvalue weighted by molar-refractivity contribution is 5.97. The van der Waals surface area contributed by atoms with Crippen molar-refractivity contribution in [3.63, 3.8) is 0 Å². The van der Waals surface area contributed by atoms with Crippen LogP contribution < -0.4 is 11.1 Å². The van der Waals surface area contributed by atoms with Gasteiger partial charge in [-0.2, -0.15) is 5.26 Å². The number of benzene rings is 1. The molecule has 0 bridgehead atoms. The third kappa shape index (κ3) is 2.12. The van der Waals surface area contributed by atoms with Gasteiger partial charge in [-0.15, -0.1) is 0 Å². The lowest BCUT2D eigenvalue weighted by molar-refractivity contribution is -0.120. The maximum absolute atomic E-state index is 13.5. The first-order valence-corrected chi connectivity index (χ1v) is 5.32. The van der Waals surface area contributed by atoms with E-state index in [4.69, 9.17) is 11.0 Å².